The fraction of sp³-hybridized carbons (Fsp3) is 0.286. The zero-order valence-electron chi connectivity index (χ0n) is 16.0. The van der Waals surface area contributed by atoms with Gasteiger partial charge in [-0.2, -0.15) is 0 Å². The second kappa shape index (κ2) is 9.89. The highest BCUT2D eigenvalue weighted by Gasteiger charge is 2.15. The van der Waals surface area contributed by atoms with Crippen molar-refractivity contribution in [2.75, 3.05) is 32.5 Å². The maximum Gasteiger partial charge on any atom is 0.248 e. The van der Waals surface area contributed by atoms with E-state index in [2.05, 4.69) is 4.98 Å². The molecule has 3 rings (SSSR count). The Morgan fingerprint density at radius 1 is 1.21 bits per heavy atom. The van der Waals surface area contributed by atoms with Crippen molar-refractivity contribution in [3.8, 4) is 5.75 Å². The van der Waals surface area contributed by atoms with Gasteiger partial charge in [0.15, 0.2) is 4.90 Å². The molecule has 29 heavy (non-hydrogen) atoms. The average molecular weight is 418 g/mol. The summed E-state index contributed by atoms with van der Waals surface area (Å²) in [6, 6.07) is 14.1. The molecule has 0 spiro atoms. The van der Waals surface area contributed by atoms with E-state index in [4.69, 9.17) is 4.74 Å². The van der Waals surface area contributed by atoms with E-state index in [1.807, 2.05) is 11.9 Å². The predicted octanol–water partition coefficient (Wildman–Crippen LogP) is 2.15. The first-order valence-electron chi connectivity index (χ1n) is 9.17. The molecule has 2 aromatic carbocycles. The van der Waals surface area contributed by atoms with Gasteiger partial charge >= 0.3 is 0 Å². The standard InChI is InChI=1S/C21H23FN2O4S/c1-24(10-11-29(27)19-6-3-16(22)4-7-19)13-17(25)14-28-18-5-8-20-15(12-18)2-9-21(26)23-20/h2-9,12,17,25H,10-11,13-14H2,1H3,(H,23,26). The zero-order chi connectivity index (χ0) is 20.8. The van der Waals surface area contributed by atoms with Crippen LogP contribution in [-0.2, 0) is 11.2 Å². The quantitative estimate of drug-likeness (QED) is 0.520. The Morgan fingerprint density at radius 3 is 2.72 bits per heavy atom. The highest BCUT2D eigenvalue weighted by molar-refractivity contribution is 7.91. The maximum atomic E-state index is 12.9. The largest absolute Gasteiger partial charge is 0.611 e. The number of likely N-dealkylation sites (N-methyl/N-ethyl adjacent to an activating group) is 1. The number of hydrogen-bond acceptors (Lipinski definition) is 5. The highest BCUT2D eigenvalue weighted by atomic mass is 32.2. The Hall–Kier alpha value is -2.39. The van der Waals surface area contributed by atoms with E-state index in [0.29, 0.717) is 29.5 Å². The number of H-pyrrole nitrogens is 1. The Kier molecular flexibility index (Phi) is 7.27. The van der Waals surface area contributed by atoms with Crippen molar-refractivity contribution in [1.29, 1.82) is 0 Å². The molecule has 1 heterocycles. The third-order valence-corrected chi connectivity index (χ3v) is 5.75. The summed E-state index contributed by atoms with van der Waals surface area (Å²) < 4.78 is 30.8. The second-order valence-electron chi connectivity index (χ2n) is 6.80. The van der Waals surface area contributed by atoms with Crippen LogP contribution in [0.3, 0.4) is 0 Å². The summed E-state index contributed by atoms with van der Waals surface area (Å²) in [5, 5.41) is 11.1. The van der Waals surface area contributed by atoms with Gasteiger partial charge in [0.1, 0.15) is 30.0 Å². The van der Waals surface area contributed by atoms with Crippen LogP contribution in [0.5, 0.6) is 5.75 Å². The number of benzene rings is 2. The minimum Gasteiger partial charge on any atom is -0.611 e. The topological polar surface area (TPSA) is 88.6 Å². The van der Waals surface area contributed by atoms with E-state index in [1.54, 1.807) is 24.3 Å². The van der Waals surface area contributed by atoms with Gasteiger partial charge in [-0.25, -0.2) is 4.39 Å². The first kappa shape index (κ1) is 21.3. The third kappa shape index (κ3) is 6.30. The highest BCUT2D eigenvalue weighted by Crippen LogP contribution is 2.18. The Labute approximate surface area is 171 Å². The van der Waals surface area contributed by atoms with Crippen LogP contribution < -0.4 is 10.3 Å². The molecular weight excluding hydrogens is 395 g/mol. The summed E-state index contributed by atoms with van der Waals surface area (Å²) in [6.45, 7) is 0.992. The molecule has 0 radical (unpaired) electrons. The fourth-order valence-corrected chi connectivity index (χ4v) is 4.01. The van der Waals surface area contributed by atoms with E-state index in [9.17, 15) is 18.8 Å². The summed E-state index contributed by atoms with van der Waals surface area (Å²) in [5.41, 5.74) is 0.560. The molecule has 0 aliphatic rings. The Balaban J connectivity index is 1.43. The smallest absolute Gasteiger partial charge is 0.248 e. The van der Waals surface area contributed by atoms with Crippen LogP contribution in [0.4, 0.5) is 4.39 Å². The van der Waals surface area contributed by atoms with Gasteiger partial charge in [0, 0.05) is 30.1 Å². The molecule has 1 aromatic heterocycles. The minimum absolute atomic E-state index is 0.111. The molecule has 8 heteroatoms. The molecule has 0 saturated carbocycles. The van der Waals surface area contributed by atoms with Crippen molar-refractivity contribution < 1.29 is 18.8 Å². The zero-order valence-corrected chi connectivity index (χ0v) is 16.8. The lowest BCUT2D eigenvalue weighted by atomic mass is 10.2. The van der Waals surface area contributed by atoms with Crippen molar-refractivity contribution in [3.05, 3.63) is 70.8 Å². The monoisotopic (exact) mass is 418 g/mol. The van der Waals surface area contributed by atoms with E-state index in [-0.39, 0.29) is 18.0 Å². The van der Waals surface area contributed by atoms with Crippen LogP contribution >= 0.6 is 0 Å². The van der Waals surface area contributed by atoms with Crippen LogP contribution in [-0.4, -0.2) is 58.1 Å². The number of hydrogen-bond donors (Lipinski definition) is 2. The van der Waals surface area contributed by atoms with E-state index < -0.39 is 17.3 Å². The number of aromatic amines is 1. The van der Waals surface area contributed by atoms with Crippen molar-refractivity contribution in [2.24, 2.45) is 0 Å². The minimum atomic E-state index is -1.22. The van der Waals surface area contributed by atoms with Gasteiger partial charge in [0.05, 0.1) is 0 Å². The summed E-state index contributed by atoms with van der Waals surface area (Å²) in [6.07, 6.45) is -0.717. The van der Waals surface area contributed by atoms with Crippen LogP contribution in [0.15, 0.2) is 64.3 Å². The molecule has 2 unspecified atom stereocenters. The van der Waals surface area contributed by atoms with Crippen LogP contribution in [0, 0.1) is 5.82 Å². The molecule has 0 saturated heterocycles. The Morgan fingerprint density at radius 2 is 1.97 bits per heavy atom. The molecule has 0 fully saturated rings. The number of nitrogens with one attached hydrogen (secondary N) is 1. The van der Waals surface area contributed by atoms with Crippen molar-refractivity contribution >= 4 is 22.1 Å². The lowest BCUT2D eigenvalue weighted by Crippen LogP contribution is -2.35. The van der Waals surface area contributed by atoms with Crippen molar-refractivity contribution in [1.82, 2.24) is 9.88 Å². The molecule has 0 bridgehead atoms. The van der Waals surface area contributed by atoms with Gasteiger partial charge in [-0.3, -0.25) is 9.69 Å². The van der Waals surface area contributed by atoms with E-state index in [0.717, 1.165) is 10.9 Å². The lowest BCUT2D eigenvalue weighted by molar-refractivity contribution is 0.0781. The van der Waals surface area contributed by atoms with Crippen LogP contribution in [0.1, 0.15) is 0 Å². The number of fused-ring (bicyclic) bond motifs is 1. The number of aromatic nitrogens is 1. The van der Waals surface area contributed by atoms with Gasteiger partial charge in [0.2, 0.25) is 5.56 Å². The first-order chi connectivity index (χ1) is 13.9. The van der Waals surface area contributed by atoms with Gasteiger partial charge in [-0.1, -0.05) is 0 Å². The summed E-state index contributed by atoms with van der Waals surface area (Å²) in [5.74, 6) is 0.632. The molecule has 154 valence electrons. The molecule has 0 amide bonds. The molecule has 2 atom stereocenters. The van der Waals surface area contributed by atoms with Gasteiger partial charge in [0.25, 0.3) is 0 Å². The number of aliphatic hydroxyl groups is 1. The van der Waals surface area contributed by atoms with Crippen LogP contribution in [0.2, 0.25) is 0 Å². The Bertz CT molecular complexity index is 996. The van der Waals surface area contributed by atoms with Crippen molar-refractivity contribution in [2.45, 2.75) is 11.0 Å². The second-order valence-corrected chi connectivity index (χ2v) is 8.37. The van der Waals surface area contributed by atoms with Gasteiger partial charge < -0.3 is 19.4 Å². The van der Waals surface area contributed by atoms with Gasteiger partial charge in [-0.15, -0.1) is 0 Å². The molecule has 0 aliphatic heterocycles. The summed E-state index contributed by atoms with van der Waals surface area (Å²) in [4.78, 5) is 16.5. The number of nitrogens with zero attached hydrogens (tertiary/aromatic N) is 1. The first-order valence-corrected chi connectivity index (χ1v) is 10.5. The predicted molar refractivity (Wildman–Crippen MR) is 111 cm³/mol. The van der Waals surface area contributed by atoms with Crippen molar-refractivity contribution in [3.63, 3.8) is 0 Å². The number of aliphatic hydroxyl groups excluding tert-OH is 1. The SMILES string of the molecule is CN(CC[S+]([O-])c1ccc(F)cc1)CC(O)COc1ccc2[nH]c(=O)ccc2c1. The number of halogens is 1. The molecule has 0 aliphatic carbocycles. The molecule has 3 aromatic rings. The summed E-state index contributed by atoms with van der Waals surface area (Å²) in [7, 11) is 1.83. The number of pyridine rings is 1. The summed E-state index contributed by atoms with van der Waals surface area (Å²) >= 11 is -1.22. The van der Waals surface area contributed by atoms with Gasteiger partial charge in [-0.05, 0) is 66.8 Å². The average Bonchev–Trinajstić information content (AvgIpc) is 2.71. The van der Waals surface area contributed by atoms with E-state index >= 15 is 0 Å². The maximum absolute atomic E-state index is 12.9. The third-order valence-electron chi connectivity index (χ3n) is 4.39. The molecule has 6 nitrogen and oxygen atoms in total. The molecular formula is C21H23FN2O4S. The van der Waals surface area contributed by atoms with E-state index in [1.165, 1.54) is 30.3 Å². The fourth-order valence-electron chi connectivity index (χ4n) is 2.86. The van der Waals surface area contributed by atoms with Crippen LogP contribution in [0.25, 0.3) is 10.9 Å². The molecule has 2 N–H and O–H groups in total. The normalized spacial score (nSPS) is 13.6. The lowest BCUT2D eigenvalue weighted by Gasteiger charge is -2.21. The number of rotatable bonds is 9. The number of ether oxygens (including phenoxy) is 1.